The molecule has 1 aliphatic rings. The van der Waals surface area contributed by atoms with Crippen molar-refractivity contribution < 1.29 is 13.5 Å². The third-order valence-corrected chi connectivity index (χ3v) is 5.57. The number of nitrogens with one attached hydrogen (secondary N) is 1. The van der Waals surface area contributed by atoms with Crippen molar-refractivity contribution in [3.8, 4) is 0 Å². The van der Waals surface area contributed by atoms with E-state index in [2.05, 4.69) is 10.3 Å². The van der Waals surface area contributed by atoms with Gasteiger partial charge in [-0.25, -0.2) is 13.4 Å². The SMILES string of the molecule is CCCNc1cccnc1S(=O)(=O)N1CCC(O)C(C)C1. The van der Waals surface area contributed by atoms with Gasteiger partial charge in [0, 0.05) is 25.8 Å². The lowest BCUT2D eigenvalue weighted by molar-refractivity contribution is 0.0628. The number of piperidine rings is 1. The van der Waals surface area contributed by atoms with Gasteiger partial charge in [-0.3, -0.25) is 0 Å². The maximum atomic E-state index is 12.8. The van der Waals surface area contributed by atoms with Crippen molar-refractivity contribution in [1.82, 2.24) is 9.29 Å². The number of hydrogen-bond acceptors (Lipinski definition) is 5. The van der Waals surface area contributed by atoms with Crippen molar-refractivity contribution in [1.29, 1.82) is 0 Å². The molecular weight excluding hydrogens is 290 g/mol. The number of nitrogens with zero attached hydrogens (tertiary/aromatic N) is 2. The molecule has 2 N–H and O–H groups in total. The Bertz CT molecular complexity index is 577. The van der Waals surface area contributed by atoms with E-state index >= 15 is 0 Å². The predicted molar refractivity (Wildman–Crippen MR) is 81.6 cm³/mol. The first-order valence-corrected chi connectivity index (χ1v) is 8.78. The lowest BCUT2D eigenvalue weighted by atomic mass is 9.99. The Kier molecular flexibility index (Phi) is 5.18. The monoisotopic (exact) mass is 313 g/mol. The van der Waals surface area contributed by atoms with E-state index in [0.717, 1.165) is 6.42 Å². The largest absolute Gasteiger partial charge is 0.393 e. The van der Waals surface area contributed by atoms with E-state index in [4.69, 9.17) is 0 Å². The van der Waals surface area contributed by atoms with Gasteiger partial charge in [0.2, 0.25) is 0 Å². The molecule has 1 aromatic heterocycles. The maximum absolute atomic E-state index is 12.8. The van der Waals surface area contributed by atoms with Crippen LogP contribution < -0.4 is 5.32 Å². The third kappa shape index (κ3) is 3.53. The number of pyridine rings is 1. The molecule has 2 heterocycles. The van der Waals surface area contributed by atoms with Crippen LogP contribution in [0, 0.1) is 5.92 Å². The van der Waals surface area contributed by atoms with Crippen LogP contribution in [-0.2, 0) is 10.0 Å². The highest BCUT2D eigenvalue weighted by Crippen LogP contribution is 2.26. The minimum absolute atomic E-state index is 0.0655. The van der Waals surface area contributed by atoms with Gasteiger partial charge in [0.05, 0.1) is 11.8 Å². The zero-order valence-corrected chi connectivity index (χ0v) is 13.3. The summed E-state index contributed by atoms with van der Waals surface area (Å²) in [7, 11) is -3.63. The molecule has 0 aliphatic carbocycles. The molecule has 2 rings (SSSR count). The van der Waals surface area contributed by atoms with Crippen molar-refractivity contribution >= 4 is 15.7 Å². The molecule has 2 atom stereocenters. The number of anilines is 1. The zero-order valence-electron chi connectivity index (χ0n) is 12.5. The van der Waals surface area contributed by atoms with Crippen LogP contribution in [0.4, 0.5) is 5.69 Å². The minimum atomic E-state index is -3.63. The molecule has 6 nitrogen and oxygen atoms in total. The Morgan fingerprint density at radius 2 is 2.29 bits per heavy atom. The number of sulfonamides is 1. The van der Waals surface area contributed by atoms with Gasteiger partial charge in [0.15, 0.2) is 5.03 Å². The van der Waals surface area contributed by atoms with Gasteiger partial charge in [-0.15, -0.1) is 0 Å². The van der Waals surface area contributed by atoms with Crippen LogP contribution in [0.2, 0.25) is 0 Å². The molecule has 0 amide bonds. The molecule has 1 saturated heterocycles. The second-order valence-corrected chi connectivity index (χ2v) is 7.33. The Morgan fingerprint density at radius 1 is 1.52 bits per heavy atom. The fourth-order valence-electron chi connectivity index (χ4n) is 2.43. The number of hydrogen-bond donors (Lipinski definition) is 2. The summed E-state index contributed by atoms with van der Waals surface area (Å²) in [6.07, 6.45) is 2.43. The molecule has 0 spiro atoms. The minimum Gasteiger partial charge on any atom is -0.393 e. The van der Waals surface area contributed by atoms with Gasteiger partial charge >= 0.3 is 0 Å². The summed E-state index contributed by atoms with van der Waals surface area (Å²) in [5.41, 5.74) is 0.540. The van der Waals surface area contributed by atoms with E-state index in [0.29, 0.717) is 31.7 Å². The van der Waals surface area contributed by atoms with Crippen molar-refractivity contribution in [2.75, 3.05) is 25.0 Å². The first-order valence-electron chi connectivity index (χ1n) is 7.34. The lowest BCUT2D eigenvalue weighted by Crippen LogP contribution is -2.45. The van der Waals surface area contributed by atoms with Crippen molar-refractivity contribution in [2.45, 2.75) is 37.8 Å². The van der Waals surface area contributed by atoms with E-state index < -0.39 is 16.1 Å². The van der Waals surface area contributed by atoms with Crippen LogP contribution in [-0.4, -0.2) is 48.6 Å². The molecule has 7 heteroatoms. The van der Waals surface area contributed by atoms with E-state index in [-0.39, 0.29) is 10.9 Å². The number of aliphatic hydroxyl groups is 1. The van der Waals surface area contributed by atoms with Gasteiger partial charge in [0.25, 0.3) is 10.0 Å². The molecule has 118 valence electrons. The van der Waals surface area contributed by atoms with Gasteiger partial charge in [0.1, 0.15) is 0 Å². The molecule has 21 heavy (non-hydrogen) atoms. The second-order valence-electron chi connectivity index (χ2n) is 5.48. The van der Waals surface area contributed by atoms with Crippen LogP contribution >= 0.6 is 0 Å². The van der Waals surface area contributed by atoms with Crippen molar-refractivity contribution in [3.05, 3.63) is 18.3 Å². The predicted octanol–water partition coefficient (Wildman–Crippen LogP) is 1.29. The second kappa shape index (κ2) is 6.72. The summed E-state index contributed by atoms with van der Waals surface area (Å²) >= 11 is 0. The van der Waals surface area contributed by atoms with Crippen LogP contribution in [0.5, 0.6) is 0 Å². The van der Waals surface area contributed by atoms with E-state index in [1.54, 1.807) is 12.1 Å². The Morgan fingerprint density at radius 3 is 2.95 bits per heavy atom. The first-order chi connectivity index (χ1) is 9.96. The third-order valence-electron chi connectivity index (χ3n) is 3.74. The van der Waals surface area contributed by atoms with E-state index in [1.807, 2.05) is 13.8 Å². The molecule has 0 bridgehead atoms. The zero-order chi connectivity index (χ0) is 15.5. The van der Waals surface area contributed by atoms with Gasteiger partial charge < -0.3 is 10.4 Å². The summed E-state index contributed by atoms with van der Waals surface area (Å²) in [6.45, 7) is 5.24. The number of rotatable bonds is 5. The van der Waals surface area contributed by atoms with Gasteiger partial charge in [-0.05, 0) is 30.9 Å². The molecular formula is C14H23N3O3S. The summed E-state index contributed by atoms with van der Waals surface area (Å²) in [6, 6.07) is 3.46. The summed E-state index contributed by atoms with van der Waals surface area (Å²) in [5.74, 6) is -0.0655. The highest BCUT2D eigenvalue weighted by atomic mass is 32.2. The fourth-order valence-corrected chi connectivity index (χ4v) is 4.06. The molecule has 0 saturated carbocycles. The van der Waals surface area contributed by atoms with E-state index in [1.165, 1.54) is 10.5 Å². The fraction of sp³-hybridized carbons (Fsp3) is 0.643. The summed E-state index contributed by atoms with van der Waals surface area (Å²) in [5, 5.41) is 12.9. The normalized spacial score (nSPS) is 24.0. The summed E-state index contributed by atoms with van der Waals surface area (Å²) < 4.78 is 27.0. The molecule has 0 radical (unpaired) electrons. The molecule has 1 aliphatic heterocycles. The van der Waals surface area contributed by atoms with Crippen LogP contribution in [0.25, 0.3) is 0 Å². The smallest absolute Gasteiger partial charge is 0.262 e. The van der Waals surface area contributed by atoms with E-state index in [9.17, 15) is 13.5 Å². The highest BCUT2D eigenvalue weighted by Gasteiger charge is 2.34. The first kappa shape index (κ1) is 16.2. The molecule has 0 aromatic carbocycles. The van der Waals surface area contributed by atoms with Crippen molar-refractivity contribution in [2.24, 2.45) is 5.92 Å². The average molecular weight is 313 g/mol. The molecule has 1 fully saturated rings. The van der Waals surface area contributed by atoms with Crippen molar-refractivity contribution in [3.63, 3.8) is 0 Å². The molecule has 2 unspecified atom stereocenters. The summed E-state index contributed by atoms with van der Waals surface area (Å²) in [4.78, 5) is 4.07. The quantitative estimate of drug-likeness (QED) is 0.856. The number of aromatic nitrogens is 1. The van der Waals surface area contributed by atoms with Gasteiger partial charge in [-0.2, -0.15) is 4.31 Å². The standard InChI is InChI=1S/C14H23N3O3S/c1-3-7-15-12-5-4-8-16-14(12)21(19,20)17-9-6-13(18)11(2)10-17/h4-5,8,11,13,15,18H,3,6-7,9-10H2,1-2H3. The van der Waals surface area contributed by atoms with Gasteiger partial charge in [-0.1, -0.05) is 13.8 Å². The van der Waals surface area contributed by atoms with Crippen LogP contribution in [0.3, 0.4) is 0 Å². The maximum Gasteiger partial charge on any atom is 0.262 e. The van der Waals surface area contributed by atoms with Crippen LogP contribution in [0.15, 0.2) is 23.4 Å². The molecule has 1 aromatic rings. The van der Waals surface area contributed by atoms with Crippen LogP contribution in [0.1, 0.15) is 26.7 Å². The Balaban J connectivity index is 2.27. The lowest BCUT2D eigenvalue weighted by Gasteiger charge is -2.33. The highest BCUT2D eigenvalue weighted by molar-refractivity contribution is 7.89. The average Bonchev–Trinajstić information content (AvgIpc) is 2.48. The topological polar surface area (TPSA) is 82.5 Å². The number of aliphatic hydroxyl groups excluding tert-OH is 1. The Labute approximate surface area is 126 Å². The Hall–Kier alpha value is -1.18.